The summed E-state index contributed by atoms with van der Waals surface area (Å²) in [5, 5.41) is 12.5. The highest BCUT2D eigenvalue weighted by molar-refractivity contribution is 5.98. The number of pyridine rings is 1. The van der Waals surface area contributed by atoms with E-state index in [2.05, 4.69) is 31.0 Å². The first-order valence-corrected chi connectivity index (χ1v) is 10.8. The third-order valence-corrected chi connectivity index (χ3v) is 5.37. The Balaban J connectivity index is 1.31. The molecule has 4 aromatic rings. The number of rotatable bonds is 6. The second-order valence-corrected chi connectivity index (χ2v) is 7.97. The van der Waals surface area contributed by atoms with E-state index in [1.807, 2.05) is 19.1 Å². The van der Waals surface area contributed by atoms with Gasteiger partial charge in [0.05, 0.1) is 11.9 Å². The minimum atomic E-state index is -0.453. The van der Waals surface area contributed by atoms with Crippen LogP contribution < -0.4 is 20.7 Å². The standard InChI is InChI=1S/C24H21N7O4/c1-14-8-16(4-6-25-14)12-27-24(34)19-10-18(29-21-5-7-28-31(19)21)23(33)26-11-15-2-3-20-17(9-15)30-22(32)13-35-20/h2-10H,11-13H2,1H3,(H,26,33)(H,27,34)(H,30,32). The lowest BCUT2D eigenvalue weighted by molar-refractivity contribution is -0.118. The van der Waals surface area contributed by atoms with Crippen molar-refractivity contribution in [1.82, 2.24) is 30.2 Å². The summed E-state index contributed by atoms with van der Waals surface area (Å²) in [5.74, 6) is -0.507. The van der Waals surface area contributed by atoms with Crippen molar-refractivity contribution in [3.63, 3.8) is 0 Å². The van der Waals surface area contributed by atoms with E-state index in [4.69, 9.17) is 4.74 Å². The van der Waals surface area contributed by atoms with Crippen LogP contribution in [0.4, 0.5) is 5.69 Å². The zero-order valence-electron chi connectivity index (χ0n) is 18.7. The Kier molecular flexibility index (Phi) is 5.80. The number of aryl methyl sites for hydroxylation is 1. The molecule has 5 rings (SSSR count). The van der Waals surface area contributed by atoms with Gasteiger partial charge >= 0.3 is 0 Å². The third-order valence-electron chi connectivity index (χ3n) is 5.37. The van der Waals surface area contributed by atoms with Gasteiger partial charge in [-0.1, -0.05) is 6.07 Å². The van der Waals surface area contributed by atoms with Crippen LogP contribution in [0.1, 0.15) is 37.8 Å². The number of nitrogens with zero attached hydrogens (tertiary/aromatic N) is 4. The van der Waals surface area contributed by atoms with E-state index in [1.54, 1.807) is 30.5 Å². The lowest BCUT2D eigenvalue weighted by atomic mass is 10.1. The SMILES string of the molecule is Cc1cc(CNC(=O)c2cc(C(=O)NCc3ccc4c(c3)NC(=O)CO4)nc3ccnn23)ccn1. The quantitative estimate of drug-likeness (QED) is 0.388. The number of aromatic nitrogens is 4. The van der Waals surface area contributed by atoms with Crippen molar-refractivity contribution in [1.29, 1.82) is 0 Å². The average molecular weight is 471 g/mol. The molecule has 0 unspecified atom stereocenters. The van der Waals surface area contributed by atoms with Crippen molar-refractivity contribution in [3.8, 4) is 5.75 Å². The number of fused-ring (bicyclic) bond motifs is 2. The van der Waals surface area contributed by atoms with E-state index in [9.17, 15) is 14.4 Å². The predicted octanol–water partition coefficient (Wildman–Crippen LogP) is 1.62. The fourth-order valence-electron chi connectivity index (χ4n) is 3.69. The van der Waals surface area contributed by atoms with Gasteiger partial charge < -0.3 is 20.7 Å². The molecular weight excluding hydrogens is 450 g/mol. The molecule has 1 aliphatic heterocycles. The summed E-state index contributed by atoms with van der Waals surface area (Å²) in [4.78, 5) is 45.8. The summed E-state index contributed by atoms with van der Waals surface area (Å²) in [6.45, 7) is 2.34. The number of anilines is 1. The average Bonchev–Trinajstić information content (AvgIpc) is 3.34. The van der Waals surface area contributed by atoms with Gasteiger partial charge in [-0.25, -0.2) is 9.50 Å². The topological polar surface area (TPSA) is 140 Å². The lowest BCUT2D eigenvalue weighted by Crippen LogP contribution is -2.28. The molecule has 0 saturated heterocycles. The van der Waals surface area contributed by atoms with Crippen molar-refractivity contribution in [2.24, 2.45) is 0 Å². The molecule has 3 N–H and O–H groups in total. The number of carbonyl (C=O) groups excluding carboxylic acids is 3. The first-order chi connectivity index (χ1) is 17.0. The molecule has 176 valence electrons. The van der Waals surface area contributed by atoms with Crippen LogP contribution in [0.3, 0.4) is 0 Å². The van der Waals surface area contributed by atoms with Crippen LogP contribution >= 0.6 is 0 Å². The number of benzene rings is 1. The van der Waals surface area contributed by atoms with Crippen molar-refractivity contribution in [2.75, 3.05) is 11.9 Å². The lowest BCUT2D eigenvalue weighted by Gasteiger charge is -2.18. The summed E-state index contributed by atoms with van der Waals surface area (Å²) in [6.07, 6.45) is 3.19. The largest absolute Gasteiger partial charge is 0.482 e. The fourth-order valence-corrected chi connectivity index (χ4v) is 3.69. The smallest absolute Gasteiger partial charge is 0.270 e. The van der Waals surface area contributed by atoms with Crippen LogP contribution in [0.2, 0.25) is 0 Å². The summed E-state index contributed by atoms with van der Waals surface area (Å²) >= 11 is 0. The highest BCUT2D eigenvalue weighted by Gasteiger charge is 2.19. The molecule has 0 saturated carbocycles. The molecule has 3 amide bonds. The van der Waals surface area contributed by atoms with Gasteiger partial charge in [-0.3, -0.25) is 19.4 Å². The highest BCUT2D eigenvalue weighted by Crippen LogP contribution is 2.28. The van der Waals surface area contributed by atoms with Crippen molar-refractivity contribution in [2.45, 2.75) is 20.0 Å². The molecule has 0 bridgehead atoms. The van der Waals surface area contributed by atoms with Crippen LogP contribution in [0.15, 0.2) is 54.9 Å². The van der Waals surface area contributed by atoms with E-state index in [0.717, 1.165) is 16.8 Å². The Bertz CT molecular complexity index is 1460. The molecule has 0 aliphatic carbocycles. The van der Waals surface area contributed by atoms with Crippen LogP contribution in [-0.2, 0) is 17.9 Å². The number of nitrogens with one attached hydrogen (secondary N) is 3. The number of hydrogen-bond donors (Lipinski definition) is 3. The zero-order chi connectivity index (χ0) is 24.4. The molecule has 35 heavy (non-hydrogen) atoms. The van der Waals surface area contributed by atoms with Crippen LogP contribution in [0.5, 0.6) is 5.75 Å². The van der Waals surface area contributed by atoms with Crippen molar-refractivity contribution < 1.29 is 19.1 Å². The van der Waals surface area contributed by atoms with Gasteiger partial charge in [0.25, 0.3) is 17.7 Å². The summed E-state index contributed by atoms with van der Waals surface area (Å²) in [6, 6.07) is 12.0. The van der Waals surface area contributed by atoms with Crippen LogP contribution in [0, 0.1) is 6.92 Å². The summed E-state index contributed by atoms with van der Waals surface area (Å²) in [5.41, 5.74) is 3.71. The molecule has 0 fully saturated rings. The number of ether oxygens (including phenoxy) is 1. The second kappa shape index (κ2) is 9.21. The maximum absolute atomic E-state index is 12.9. The molecule has 1 aliphatic rings. The molecule has 11 heteroatoms. The van der Waals surface area contributed by atoms with E-state index < -0.39 is 11.8 Å². The monoisotopic (exact) mass is 471 g/mol. The molecule has 4 heterocycles. The van der Waals surface area contributed by atoms with Gasteiger partial charge in [0.2, 0.25) is 0 Å². The van der Waals surface area contributed by atoms with Gasteiger partial charge in [-0.15, -0.1) is 0 Å². The molecule has 11 nitrogen and oxygen atoms in total. The number of hydrogen-bond acceptors (Lipinski definition) is 7. The maximum atomic E-state index is 12.9. The normalized spacial score (nSPS) is 12.4. The van der Waals surface area contributed by atoms with E-state index in [0.29, 0.717) is 23.6 Å². The Hall–Kier alpha value is -4.80. The Labute approximate surface area is 199 Å². The van der Waals surface area contributed by atoms with Crippen LogP contribution in [-0.4, -0.2) is 43.9 Å². The van der Waals surface area contributed by atoms with Gasteiger partial charge in [0.15, 0.2) is 12.3 Å². The van der Waals surface area contributed by atoms with Gasteiger partial charge in [-0.2, -0.15) is 5.10 Å². The van der Waals surface area contributed by atoms with Crippen molar-refractivity contribution in [3.05, 3.63) is 83.1 Å². The Morgan fingerprint density at radius 2 is 1.83 bits per heavy atom. The minimum absolute atomic E-state index is 0.0239. The van der Waals surface area contributed by atoms with E-state index in [-0.39, 0.29) is 30.4 Å². The van der Waals surface area contributed by atoms with Gasteiger partial charge in [-0.05, 0) is 42.3 Å². The highest BCUT2D eigenvalue weighted by atomic mass is 16.5. The van der Waals surface area contributed by atoms with E-state index in [1.165, 1.54) is 16.8 Å². The van der Waals surface area contributed by atoms with E-state index >= 15 is 0 Å². The van der Waals surface area contributed by atoms with Gasteiger partial charge in [0.1, 0.15) is 17.1 Å². The number of carbonyl (C=O) groups is 3. The summed E-state index contributed by atoms with van der Waals surface area (Å²) < 4.78 is 6.73. The Morgan fingerprint density at radius 3 is 2.66 bits per heavy atom. The molecule has 0 atom stereocenters. The molecule has 0 radical (unpaired) electrons. The molecule has 0 spiro atoms. The molecule has 1 aromatic carbocycles. The fraction of sp³-hybridized carbons (Fsp3) is 0.167. The second-order valence-electron chi connectivity index (χ2n) is 7.97. The van der Waals surface area contributed by atoms with Gasteiger partial charge in [0, 0.05) is 37.1 Å². The molecule has 3 aromatic heterocycles. The van der Waals surface area contributed by atoms with Crippen LogP contribution in [0.25, 0.3) is 5.65 Å². The first-order valence-electron chi connectivity index (χ1n) is 10.8. The number of amides is 3. The molecular formula is C24H21N7O4. The maximum Gasteiger partial charge on any atom is 0.270 e. The predicted molar refractivity (Wildman–Crippen MR) is 125 cm³/mol. The minimum Gasteiger partial charge on any atom is -0.482 e. The third kappa shape index (κ3) is 4.78. The zero-order valence-corrected chi connectivity index (χ0v) is 18.7. The first kappa shape index (κ1) is 22.0. The summed E-state index contributed by atoms with van der Waals surface area (Å²) in [7, 11) is 0. The Morgan fingerprint density at radius 1 is 1.03 bits per heavy atom. The van der Waals surface area contributed by atoms with Crippen molar-refractivity contribution >= 4 is 29.1 Å².